The lowest BCUT2D eigenvalue weighted by Crippen LogP contribution is -2.44. The van der Waals surface area contributed by atoms with Crippen LogP contribution >= 0.6 is 15.9 Å². The Hall–Kier alpha value is -1.07. The Labute approximate surface area is 115 Å². The van der Waals surface area contributed by atoms with E-state index in [4.69, 9.17) is 15.2 Å². The number of carbonyl (C=O) groups excluding carboxylic acids is 1. The lowest BCUT2D eigenvalue weighted by molar-refractivity contribution is 0.111. The van der Waals surface area contributed by atoms with Crippen molar-refractivity contribution in [1.82, 2.24) is 0 Å². The minimum absolute atomic E-state index is 0.390. The van der Waals surface area contributed by atoms with Crippen molar-refractivity contribution >= 4 is 22.2 Å². The van der Waals surface area contributed by atoms with E-state index in [0.717, 1.165) is 35.6 Å². The number of halogens is 1. The van der Waals surface area contributed by atoms with E-state index in [1.165, 1.54) is 7.11 Å². The molecule has 98 valence electrons. The lowest BCUT2D eigenvalue weighted by Gasteiger charge is -2.40. The number of hydrogen-bond donors (Lipinski definition) is 1. The zero-order chi connectivity index (χ0) is 13.3. The first-order chi connectivity index (χ1) is 8.57. The summed E-state index contributed by atoms with van der Waals surface area (Å²) in [6, 6.07) is 1.73. The van der Waals surface area contributed by atoms with Crippen LogP contribution in [0.1, 0.15) is 35.2 Å². The summed E-state index contributed by atoms with van der Waals surface area (Å²) >= 11 is 3.48. The van der Waals surface area contributed by atoms with Crippen LogP contribution in [-0.2, 0) is 5.54 Å². The van der Waals surface area contributed by atoms with Gasteiger partial charge >= 0.3 is 0 Å². The molecule has 5 heteroatoms. The van der Waals surface area contributed by atoms with Crippen LogP contribution in [0.15, 0.2) is 10.5 Å². The molecule has 1 aromatic carbocycles. The van der Waals surface area contributed by atoms with Crippen molar-refractivity contribution in [3.63, 3.8) is 0 Å². The molecule has 1 aromatic rings. The van der Waals surface area contributed by atoms with E-state index >= 15 is 0 Å². The Kier molecular flexibility index (Phi) is 3.64. The van der Waals surface area contributed by atoms with Crippen molar-refractivity contribution in [1.29, 1.82) is 0 Å². The molecule has 0 atom stereocenters. The van der Waals surface area contributed by atoms with E-state index in [0.29, 0.717) is 17.1 Å². The van der Waals surface area contributed by atoms with E-state index in [-0.39, 0.29) is 0 Å². The highest BCUT2D eigenvalue weighted by Gasteiger charge is 2.40. The summed E-state index contributed by atoms with van der Waals surface area (Å²) in [4.78, 5) is 11.1. The van der Waals surface area contributed by atoms with E-state index in [2.05, 4.69) is 15.9 Å². The first-order valence-corrected chi connectivity index (χ1v) is 6.55. The van der Waals surface area contributed by atoms with Crippen molar-refractivity contribution in [2.75, 3.05) is 14.2 Å². The molecule has 0 aromatic heterocycles. The molecule has 4 nitrogen and oxygen atoms in total. The maximum absolute atomic E-state index is 11.1. The smallest absolute Gasteiger partial charge is 0.171 e. The number of aldehydes is 1. The molecule has 0 unspecified atom stereocenters. The highest BCUT2D eigenvalue weighted by Crippen LogP contribution is 2.50. The first-order valence-electron chi connectivity index (χ1n) is 5.76. The molecular weight excluding hydrogens is 298 g/mol. The molecule has 0 aliphatic heterocycles. The third-order valence-electron chi connectivity index (χ3n) is 3.50. The fourth-order valence-electron chi connectivity index (χ4n) is 2.39. The van der Waals surface area contributed by atoms with Crippen LogP contribution in [0.2, 0.25) is 0 Å². The molecular formula is C13H16BrNO3. The van der Waals surface area contributed by atoms with Gasteiger partial charge in [0.15, 0.2) is 17.8 Å². The summed E-state index contributed by atoms with van der Waals surface area (Å²) in [7, 11) is 3.08. The average Bonchev–Trinajstić information content (AvgIpc) is 2.34. The number of methoxy groups -OCH3 is 2. The minimum Gasteiger partial charge on any atom is -0.492 e. The van der Waals surface area contributed by atoms with Crippen LogP contribution in [0.3, 0.4) is 0 Å². The fourth-order valence-corrected chi connectivity index (χ4v) is 3.21. The molecule has 0 bridgehead atoms. The van der Waals surface area contributed by atoms with Crippen LogP contribution in [0, 0.1) is 0 Å². The van der Waals surface area contributed by atoms with Crippen LogP contribution < -0.4 is 15.2 Å². The molecule has 18 heavy (non-hydrogen) atoms. The number of carbonyl (C=O) groups is 1. The SMILES string of the molecule is COc1c(C=O)cc(Br)c(C2(N)CCC2)c1OC. The Morgan fingerprint density at radius 1 is 1.33 bits per heavy atom. The minimum atomic E-state index is -0.390. The van der Waals surface area contributed by atoms with Crippen molar-refractivity contribution in [3.05, 3.63) is 21.7 Å². The number of rotatable bonds is 4. The number of ether oxygens (including phenoxy) is 2. The van der Waals surface area contributed by atoms with Gasteiger partial charge in [-0.15, -0.1) is 0 Å². The molecule has 1 aliphatic carbocycles. The Balaban J connectivity index is 2.68. The Morgan fingerprint density at radius 3 is 2.33 bits per heavy atom. The highest BCUT2D eigenvalue weighted by atomic mass is 79.9. The van der Waals surface area contributed by atoms with Gasteiger partial charge in [-0.1, -0.05) is 15.9 Å². The molecule has 2 N–H and O–H groups in total. The maximum atomic E-state index is 11.1. The van der Waals surface area contributed by atoms with Gasteiger partial charge in [0.25, 0.3) is 0 Å². The van der Waals surface area contributed by atoms with E-state index in [1.54, 1.807) is 13.2 Å². The quantitative estimate of drug-likeness (QED) is 0.868. The van der Waals surface area contributed by atoms with Crippen LogP contribution in [-0.4, -0.2) is 20.5 Å². The molecule has 1 saturated carbocycles. The van der Waals surface area contributed by atoms with Gasteiger partial charge in [0, 0.05) is 15.6 Å². The largest absolute Gasteiger partial charge is 0.492 e. The van der Waals surface area contributed by atoms with Crippen LogP contribution in [0.5, 0.6) is 11.5 Å². The Morgan fingerprint density at radius 2 is 1.94 bits per heavy atom. The van der Waals surface area contributed by atoms with Crippen LogP contribution in [0.4, 0.5) is 0 Å². The van der Waals surface area contributed by atoms with Gasteiger partial charge in [0.2, 0.25) is 0 Å². The second-order valence-corrected chi connectivity index (χ2v) is 5.37. The third-order valence-corrected chi connectivity index (χ3v) is 4.12. The summed E-state index contributed by atoms with van der Waals surface area (Å²) < 4.78 is 11.5. The van der Waals surface area contributed by atoms with Crippen molar-refractivity contribution in [2.45, 2.75) is 24.8 Å². The van der Waals surface area contributed by atoms with Gasteiger partial charge in [0.1, 0.15) is 0 Å². The first kappa shape index (κ1) is 13.4. The average molecular weight is 314 g/mol. The maximum Gasteiger partial charge on any atom is 0.171 e. The molecule has 1 fully saturated rings. The zero-order valence-corrected chi connectivity index (χ0v) is 12.0. The van der Waals surface area contributed by atoms with Gasteiger partial charge < -0.3 is 15.2 Å². The predicted octanol–water partition coefficient (Wildman–Crippen LogP) is 2.62. The van der Waals surface area contributed by atoms with E-state index in [1.807, 2.05) is 0 Å². The summed E-state index contributed by atoms with van der Waals surface area (Å²) in [6.07, 6.45) is 3.67. The van der Waals surface area contributed by atoms with Crippen molar-refractivity contribution in [3.8, 4) is 11.5 Å². The molecule has 0 radical (unpaired) electrons. The normalized spacial score (nSPS) is 16.9. The highest BCUT2D eigenvalue weighted by molar-refractivity contribution is 9.10. The molecule has 2 rings (SSSR count). The second-order valence-electron chi connectivity index (χ2n) is 4.52. The second kappa shape index (κ2) is 4.90. The summed E-state index contributed by atoms with van der Waals surface area (Å²) in [5, 5.41) is 0. The van der Waals surface area contributed by atoms with Crippen LogP contribution in [0.25, 0.3) is 0 Å². The lowest BCUT2D eigenvalue weighted by atomic mass is 9.72. The van der Waals surface area contributed by atoms with E-state index in [9.17, 15) is 4.79 Å². The van der Waals surface area contributed by atoms with Gasteiger partial charge in [-0.3, -0.25) is 4.79 Å². The van der Waals surface area contributed by atoms with Gasteiger partial charge in [0.05, 0.1) is 19.8 Å². The number of nitrogens with two attached hydrogens (primary N) is 1. The van der Waals surface area contributed by atoms with Gasteiger partial charge in [-0.05, 0) is 25.3 Å². The summed E-state index contributed by atoms with van der Waals surface area (Å²) in [5.74, 6) is 0.999. The van der Waals surface area contributed by atoms with Gasteiger partial charge in [-0.2, -0.15) is 0 Å². The Bertz CT molecular complexity index is 484. The molecule has 0 amide bonds. The van der Waals surface area contributed by atoms with Gasteiger partial charge in [-0.25, -0.2) is 0 Å². The third kappa shape index (κ3) is 1.91. The number of benzene rings is 1. The van der Waals surface area contributed by atoms with Crippen molar-refractivity contribution < 1.29 is 14.3 Å². The summed E-state index contributed by atoms with van der Waals surface area (Å²) in [6.45, 7) is 0. The van der Waals surface area contributed by atoms with E-state index < -0.39 is 5.54 Å². The topological polar surface area (TPSA) is 61.5 Å². The molecule has 0 heterocycles. The van der Waals surface area contributed by atoms with Crippen molar-refractivity contribution in [2.24, 2.45) is 5.73 Å². The molecule has 0 spiro atoms. The number of hydrogen-bond acceptors (Lipinski definition) is 4. The monoisotopic (exact) mass is 313 g/mol. The molecule has 1 aliphatic rings. The molecule has 0 saturated heterocycles. The summed E-state index contributed by atoms with van der Waals surface area (Å²) in [5.41, 5.74) is 7.31. The standard InChI is InChI=1S/C13H16BrNO3/c1-17-11-8(7-16)6-9(14)10(12(11)18-2)13(15)4-3-5-13/h6-7H,3-5,15H2,1-2H3. The predicted molar refractivity (Wildman–Crippen MR) is 72.3 cm³/mol. The zero-order valence-electron chi connectivity index (χ0n) is 10.5. The fraction of sp³-hybridized carbons (Fsp3) is 0.462.